The lowest BCUT2D eigenvalue weighted by molar-refractivity contribution is -0.119. The van der Waals surface area contributed by atoms with E-state index in [1.54, 1.807) is 17.0 Å². The molecule has 176 valence electrons. The van der Waals surface area contributed by atoms with Gasteiger partial charge in [-0.1, -0.05) is 23.5 Å². The van der Waals surface area contributed by atoms with Crippen molar-refractivity contribution in [2.75, 3.05) is 30.9 Å². The zero-order valence-corrected chi connectivity index (χ0v) is 20.5. The molecule has 1 aliphatic rings. The molecule has 1 aliphatic heterocycles. The number of methoxy groups -OCH3 is 1. The smallest absolute Gasteiger partial charge is 0.228 e. The zero-order valence-electron chi connectivity index (χ0n) is 18.8. The predicted molar refractivity (Wildman–Crippen MR) is 130 cm³/mol. The maximum Gasteiger partial charge on any atom is 0.228 e. The van der Waals surface area contributed by atoms with Gasteiger partial charge in [-0.15, -0.1) is 0 Å². The maximum absolute atomic E-state index is 13.2. The van der Waals surface area contributed by atoms with Crippen LogP contribution in [0, 0.1) is 6.92 Å². The van der Waals surface area contributed by atoms with Crippen LogP contribution >= 0.6 is 11.3 Å². The summed E-state index contributed by atoms with van der Waals surface area (Å²) in [7, 11) is -1.95. The lowest BCUT2D eigenvalue weighted by atomic mass is 10.2. The number of thiazole rings is 1. The third-order valence-electron chi connectivity index (χ3n) is 5.77. The van der Waals surface area contributed by atoms with Crippen LogP contribution in [0.4, 0.5) is 5.13 Å². The molecule has 33 heavy (non-hydrogen) atoms. The molecule has 4 rings (SSSR count). The number of ether oxygens (including phenoxy) is 2. The molecule has 0 N–H and O–H groups in total. The number of amides is 1. The number of hydrogen-bond donors (Lipinski definition) is 0. The molecule has 9 heteroatoms. The first-order chi connectivity index (χ1) is 15.9. The summed E-state index contributed by atoms with van der Waals surface area (Å²) >= 11 is 1.48. The van der Waals surface area contributed by atoms with E-state index in [1.165, 1.54) is 30.6 Å². The third kappa shape index (κ3) is 5.54. The highest BCUT2D eigenvalue weighted by Gasteiger charge is 2.26. The highest BCUT2D eigenvalue weighted by molar-refractivity contribution is 7.91. The van der Waals surface area contributed by atoms with Gasteiger partial charge >= 0.3 is 0 Å². The van der Waals surface area contributed by atoms with Crippen LogP contribution in [-0.4, -0.2) is 51.4 Å². The van der Waals surface area contributed by atoms with Crippen LogP contribution < -0.4 is 9.64 Å². The van der Waals surface area contributed by atoms with E-state index in [-0.39, 0.29) is 35.5 Å². The number of carbonyl (C=O) groups is 1. The number of fused-ring (bicyclic) bond motifs is 1. The number of para-hydroxylation sites is 1. The quantitative estimate of drug-likeness (QED) is 0.444. The molecule has 2 heterocycles. The van der Waals surface area contributed by atoms with Gasteiger partial charge in [-0.3, -0.25) is 9.69 Å². The van der Waals surface area contributed by atoms with E-state index in [0.717, 1.165) is 28.6 Å². The lowest BCUT2D eigenvalue weighted by Gasteiger charge is -2.23. The third-order valence-corrected chi connectivity index (χ3v) is 8.63. The molecule has 0 aliphatic carbocycles. The molecule has 1 atom stereocenters. The number of carbonyl (C=O) groups excluding carboxylic acids is 1. The van der Waals surface area contributed by atoms with Gasteiger partial charge in [0, 0.05) is 13.0 Å². The van der Waals surface area contributed by atoms with E-state index in [2.05, 4.69) is 0 Å². The summed E-state index contributed by atoms with van der Waals surface area (Å²) in [4.78, 5) is 19.9. The molecule has 7 nitrogen and oxygen atoms in total. The van der Waals surface area contributed by atoms with E-state index < -0.39 is 9.84 Å². The van der Waals surface area contributed by atoms with Gasteiger partial charge in [0.25, 0.3) is 0 Å². The number of hydrogen-bond acceptors (Lipinski definition) is 7. The van der Waals surface area contributed by atoms with E-state index in [9.17, 15) is 13.2 Å². The molecule has 3 aromatic rings. The van der Waals surface area contributed by atoms with Gasteiger partial charge < -0.3 is 9.47 Å². The Morgan fingerprint density at radius 3 is 2.70 bits per heavy atom. The van der Waals surface area contributed by atoms with Crippen molar-refractivity contribution in [3.05, 3.63) is 48.0 Å². The van der Waals surface area contributed by atoms with Crippen molar-refractivity contribution in [1.82, 2.24) is 4.98 Å². The molecule has 0 bridgehead atoms. The van der Waals surface area contributed by atoms with E-state index in [0.29, 0.717) is 24.0 Å². The van der Waals surface area contributed by atoms with Crippen LogP contribution in [0.25, 0.3) is 10.2 Å². The molecule has 0 saturated carbocycles. The first-order valence-corrected chi connectivity index (χ1v) is 13.5. The predicted octanol–water partition coefficient (Wildman–Crippen LogP) is 4.38. The fourth-order valence-electron chi connectivity index (χ4n) is 3.92. The molecule has 1 unspecified atom stereocenters. The average Bonchev–Trinajstić information content (AvgIpc) is 3.47. The molecule has 1 aromatic heterocycles. The fourth-order valence-corrected chi connectivity index (χ4v) is 6.30. The first kappa shape index (κ1) is 23.7. The maximum atomic E-state index is 13.2. The Balaban J connectivity index is 1.47. The number of rotatable bonds is 9. The Morgan fingerprint density at radius 1 is 1.24 bits per heavy atom. The summed E-state index contributed by atoms with van der Waals surface area (Å²) in [5.74, 6) is 0.366. The topological polar surface area (TPSA) is 85.8 Å². The molecule has 0 radical (unpaired) electrons. The van der Waals surface area contributed by atoms with Gasteiger partial charge in [0.2, 0.25) is 5.91 Å². The van der Waals surface area contributed by atoms with Crippen molar-refractivity contribution >= 4 is 42.4 Å². The summed E-state index contributed by atoms with van der Waals surface area (Å²) in [5, 5.41) is 0.637. The Kier molecular flexibility index (Phi) is 7.31. The molecule has 1 amide bonds. The summed E-state index contributed by atoms with van der Waals surface area (Å²) in [6.07, 6.45) is 2.21. The monoisotopic (exact) mass is 488 g/mol. The average molecular weight is 489 g/mol. The van der Waals surface area contributed by atoms with E-state index >= 15 is 0 Å². The molecular formula is C24H28N2O5S2. The minimum absolute atomic E-state index is 0.0231. The number of aryl methyl sites for hydroxylation is 1. The van der Waals surface area contributed by atoms with Gasteiger partial charge in [-0.2, -0.15) is 0 Å². The van der Waals surface area contributed by atoms with Crippen molar-refractivity contribution in [2.45, 2.75) is 43.6 Å². The number of nitrogens with zero attached hydrogens (tertiary/aromatic N) is 2. The van der Waals surface area contributed by atoms with Crippen LogP contribution in [0.15, 0.2) is 47.4 Å². The highest BCUT2D eigenvalue weighted by atomic mass is 32.2. The number of sulfone groups is 1. The Hall–Kier alpha value is -2.49. The van der Waals surface area contributed by atoms with Crippen LogP contribution in [-0.2, 0) is 19.4 Å². The normalized spacial score (nSPS) is 16.2. The second-order valence-electron chi connectivity index (χ2n) is 8.16. The SMILES string of the molecule is COc1ccc(S(=O)(=O)CCCC(=O)N(CC2CCCO2)c2nc3c(C)cccc3s2)cc1. The van der Waals surface area contributed by atoms with Crippen molar-refractivity contribution in [3.63, 3.8) is 0 Å². The molecule has 0 spiro atoms. The number of aromatic nitrogens is 1. The zero-order chi connectivity index (χ0) is 23.4. The Morgan fingerprint density at radius 2 is 2.03 bits per heavy atom. The van der Waals surface area contributed by atoms with Crippen molar-refractivity contribution < 1.29 is 22.7 Å². The minimum atomic E-state index is -3.48. The van der Waals surface area contributed by atoms with Crippen molar-refractivity contribution in [2.24, 2.45) is 0 Å². The minimum Gasteiger partial charge on any atom is -0.497 e. The van der Waals surface area contributed by atoms with Gasteiger partial charge in [-0.25, -0.2) is 13.4 Å². The van der Waals surface area contributed by atoms with E-state index in [1.807, 2.05) is 25.1 Å². The van der Waals surface area contributed by atoms with Crippen LogP contribution in [0.2, 0.25) is 0 Å². The molecular weight excluding hydrogens is 460 g/mol. The summed E-state index contributed by atoms with van der Waals surface area (Å²) in [5.41, 5.74) is 1.95. The lowest BCUT2D eigenvalue weighted by Crippen LogP contribution is -2.37. The standard InChI is InChI=1S/C24H28N2O5S2/c1-17-6-3-8-21-23(17)25-24(32-21)26(16-19-7-4-14-31-19)22(27)9-5-15-33(28,29)20-12-10-18(30-2)11-13-20/h3,6,8,10-13,19H,4-5,7,9,14-16H2,1-2H3. The van der Waals surface area contributed by atoms with Gasteiger partial charge in [0.1, 0.15) is 5.75 Å². The second kappa shape index (κ2) is 10.2. The molecule has 1 fully saturated rings. The first-order valence-electron chi connectivity index (χ1n) is 11.0. The van der Waals surface area contributed by atoms with Crippen molar-refractivity contribution in [3.8, 4) is 5.75 Å². The van der Waals surface area contributed by atoms with Crippen LogP contribution in [0.1, 0.15) is 31.2 Å². The number of anilines is 1. The summed E-state index contributed by atoms with van der Waals surface area (Å²) in [6, 6.07) is 12.3. The highest BCUT2D eigenvalue weighted by Crippen LogP contribution is 2.32. The Bertz CT molecular complexity index is 1220. The summed E-state index contributed by atoms with van der Waals surface area (Å²) in [6.45, 7) is 3.14. The van der Waals surface area contributed by atoms with Crippen LogP contribution in [0.5, 0.6) is 5.75 Å². The van der Waals surface area contributed by atoms with Gasteiger partial charge in [0.05, 0.1) is 40.6 Å². The Labute approximate surface area is 198 Å². The largest absolute Gasteiger partial charge is 0.497 e. The number of benzene rings is 2. The summed E-state index contributed by atoms with van der Waals surface area (Å²) < 4.78 is 37.3. The van der Waals surface area contributed by atoms with Crippen molar-refractivity contribution in [1.29, 1.82) is 0 Å². The molecule has 1 saturated heterocycles. The molecule has 2 aromatic carbocycles. The second-order valence-corrected chi connectivity index (χ2v) is 11.3. The van der Waals surface area contributed by atoms with Crippen LogP contribution in [0.3, 0.4) is 0 Å². The van der Waals surface area contributed by atoms with E-state index in [4.69, 9.17) is 14.5 Å². The fraction of sp³-hybridized carbons (Fsp3) is 0.417. The van der Waals surface area contributed by atoms with Gasteiger partial charge in [0.15, 0.2) is 15.0 Å². The van der Waals surface area contributed by atoms with Gasteiger partial charge in [-0.05, 0) is 62.1 Å².